The Labute approximate surface area is 99.5 Å². The molecule has 2 aliphatic heterocycles. The molecule has 94 valence electrons. The third kappa shape index (κ3) is 2.13. The fraction of sp³-hybridized carbons (Fsp3) is 1.00. The van der Waals surface area contributed by atoms with Gasteiger partial charge >= 0.3 is 0 Å². The van der Waals surface area contributed by atoms with E-state index in [0.717, 1.165) is 25.6 Å². The molecule has 0 aromatic carbocycles. The summed E-state index contributed by atoms with van der Waals surface area (Å²) < 4.78 is 6.19. The second kappa shape index (κ2) is 5.03. The van der Waals surface area contributed by atoms with Crippen LogP contribution in [0.3, 0.4) is 0 Å². The van der Waals surface area contributed by atoms with Gasteiger partial charge in [-0.25, -0.2) is 0 Å². The highest BCUT2D eigenvalue weighted by atomic mass is 16.5. The zero-order chi connectivity index (χ0) is 11.6. The van der Waals surface area contributed by atoms with E-state index in [1.807, 2.05) is 0 Å². The number of hydrogen-bond donors (Lipinski definition) is 1. The standard InChI is InChI=1S/C13H26N2O/c1-4-11(5-2)12-13(16-9-7-14-12)6-8-15(3)10-13/h11-12,14H,4-10H2,1-3H3. The highest BCUT2D eigenvalue weighted by molar-refractivity contribution is 5.04. The third-order valence-corrected chi connectivity index (χ3v) is 4.40. The summed E-state index contributed by atoms with van der Waals surface area (Å²) in [6, 6.07) is 0.557. The summed E-state index contributed by atoms with van der Waals surface area (Å²) >= 11 is 0. The maximum Gasteiger partial charge on any atom is 0.0976 e. The summed E-state index contributed by atoms with van der Waals surface area (Å²) in [5, 5.41) is 3.72. The Morgan fingerprint density at radius 1 is 1.44 bits per heavy atom. The smallest absolute Gasteiger partial charge is 0.0976 e. The van der Waals surface area contributed by atoms with Gasteiger partial charge in [-0.1, -0.05) is 26.7 Å². The van der Waals surface area contributed by atoms with E-state index in [9.17, 15) is 0 Å². The van der Waals surface area contributed by atoms with Gasteiger partial charge in [-0.15, -0.1) is 0 Å². The summed E-state index contributed by atoms with van der Waals surface area (Å²) in [6.45, 7) is 8.78. The largest absolute Gasteiger partial charge is 0.371 e. The summed E-state index contributed by atoms with van der Waals surface area (Å²) in [5.41, 5.74) is 0.101. The zero-order valence-electron chi connectivity index (χ0n) is 11.0. The van der Waals surface area contributed by atoms with Crippen LogP contribution >= 0.6 is 0 Å². The van der Waals surface area contributed by atoms with Crippen molar-refractivity contribution < 1.29 is 4.74 Å². The molecular weight excluding hydrogens is 200 g/mol. The SMILES string of the molecule is CCC(CC)C1NCCOC12CCN(C)C2. The maximum atomic E-state index is 6.19. The lowest BCUT2D eigenvalue weighted by Crippen LogP contribution is -2.62. The molecule has 0 radical (unpaired) electrons. The van der Waals surface area contributed by atoms with Crippen molar-refractivity contribution in [3.05, 3.63) is 0 Å². The minimum absolute atomic E-state index is 0.101. The molecule has 2 heterocycles. The van der Waals surface area contributed by atoms with Gasteiger partial charge in [-0.3, -0.25) is 0 Å². The van der Waals surface area contributed by atoms with E-state index in [0.29, 0.717) is 6.04 Å². The van der Waals surface area contributed by atoms with Gasteiger partial charge < -0.3 is 15.0 Å². The van der Waals surface area contributed by atoms with Crippen LogP contribution in [-0.2, 0) is 4.74 Å². The van der Waals surface area contributed by atoms with Crippen molar-refractivity contribution >= 4 is 0 Å². The predicted molar refractivity (Wildman–Crippen MR) is 66.7 cm³/mol. The normalized spacial score (nSPS) is 36.4. The minimum atomic E-state index is 0.101. The molecule has 0 aliphatic carbocycles. The van der Waals surface area contributed by atoms with E-state index in [-0.39, 0.29) is 5.60 Å². The molecule has 2 unspecified atom stereocenters. The Morgan fingerprint density at radius 3 is 2.75 bits per heavy atom. The van der Waals surface area contributed by atoms with Gasteiger partial charge in [0.25, 0.3) is 0 Å². The number of hydrogen-bond acceptors (Lipinski definition) is 3. The average Bonchev–Trinajstić information content (AvgIpc) is 2.65. The van der Waals surface area contributed by atoms with Crippen molar-refractivity contribution in [2.45, 2.75) is 44.8 Å². The number of ether oxygens (including phenoxy) is 1. The van der Waals surface area contributed by atoms with Gasteiger partial charge in [0.05, 0.1) is 12.2 Å². The first-order valence-corrected chi connectivity index (χ1v) is 6.77. The van der Waals surface area contributed by atoms with Gasteiger partial charge in [0.1, 0.15) is 0 Å². The van der Waals surface area contributed by atoms with Crippen molar-refractivity contribution in [1.82, 2.24) is 10.2 Å². The Balaban J connectivity index is 2.13. The number of nitrogens with zero attached hydrogens (tertiary/aromatic N) is 1. The second-order valence-corrected chi connectivity index (χ2v) is 5.41. The van der Waals surface area contributed by atoms with Crippen LogP contribution < -0.4 is 5.32 Å². The minimum Gasteiger partial charge on any atom is -0.371 e. The van der Waals surface area contributed by atoms with Crippen LogP contribution in [0.25, 0.3) is 0 Å². The van der Waals surface area contributed by atoms with Crippen molar-refractivity contribution in [3.63, 3.8) is 0 Å². The van der Waals surface area contributed by atoms with E-state index in [1.54, 1.807) is 0 Å². The second-order valence-electron chi connectivity index (χ2n) is 5.41. The molecule has 2 rings (SSSR count). The topological polar surface area (TPSA) is 24.5 Å². The lowest BCUT2D eigenvalue weighted by atomic mass is 9.80. The molecular formula is C13H26N2O. The number of likely N-dealkylation sites (N-methyl/N-ethyl adjacent to an activating group) is 1. The average molecular weight is 226 g/mol. The van der Waals surface area contributed by atoms with E-state index in [2.05, 4.69) is 31.1 Å². The summed E-state index contributed by atoms with van der Waals surface area (Å²) in [7, 11) is 2.21. The number of rotatable bonds is 3. The van der Waals surface area contributed by atoms with Crippen molar-refractivity contribution in [2.75, 3.05) is 33.3 Å². The quantitative estimate of drug-likeness (QED) is 0.789. The molecule has 3 nitrogen and oxygen atoms in total. The van der Waals surface area contributed by atoms with Crippen LogP contribution in [0.2, 0.25) is 0 Å². The molecule has 16 heavy (non-hydrogen) atoms. The van der Waals surface area contributed by atoms with Gasteiger partial charge in [-0.05, 0) is 19.4 Å². The summed E-state index contributed by atoms with van der Waals surface area (Å²) in [6.07, 6.45) is 3.70. The molecule has 3 heteroatoms. The number of nitrogens with one attached hydrogen (secondary N) is 1. The number of likely N-dealkylation sites (tertiary alicyclic amines) is 1. The van der Waals surface area contributed by atoms with E-state index < -0.39 is 0 Å². The molecule has 0 aromatic heterocycles. The van der Waals surface area contributed by atoms with Gasteiger partial charge in [0, 0.05) is 25.7 Å². The highest BCUT2D eigenvalue weighted by Gasteiger charge is 2.48. The van der Waals surface area contributed by atoms with Crippen molar-refractivity contribution in [2.24, 2.45) is 5.92 Å². The molecule has 1 spiro atoms. The first-order chi connectivity index (χ1) is 7.72. The molecule has 0 bridgehead atoms. The lowest BCUT2D eigenvalue weighted by Gasteiger charge is -2.45. The predicted octanol–water partition coefficient (Wildman–Crippen LogP) is 1.49. The fourth-order valence-corrected chi connectivity index (χ4v) is 3.47. The Morgan fingerprint density at radius 2 is 2.19 bits per heavy atom. The third-order valence-electron chi connectivity index (χ3n) is 4.40. The van der Waals surface area contributed by atoms with Crippen LogP contribution in [0.5, 0.6) is 0 Å². The fourth-order valence-electron chi connectivity index (χ4n) is 3.47. The lowest BCUT2D eigenvalue weighted by molar-refractivity contribution is -0.102. The van der Waals surface area contributed by atoms with Gasteiger partial charge in [0.15, 0.2) is 0 Å². The Kier molecular flexibility index (Phi) is 3.88. The summed E-state index contributed by atoms with van der Waals surface area (Å²) in [4.78, 5) is 2.41. The van der Waals surface area contributed by atoms with Crippen LogP contribution in [0, 0.1) is 5.92 Å². The first-order valence-electron chi connectivity index (χ1n) is 6.77. The van der Waals surface area contributed by atoms with Crippen molar-refractivity contribution in [3.8, 4) is 0 Å². The molecule has 2 fully saturated rings. The molecule has 0 amide bonds. The van der Waals surface area contributed by atoms with E-state index in [1.165, 1.54) is 25.8 Å². The number of morpholine rings is 1. The van der Waals surface area contributed by atoms with Crippen LogP contribution in [0.15, 0.2) is 0 Å². The van der Waals surface area contributed by atoms with Crippen LogP contribution in [0.4, 0.5) is 0 Å². The van der Waals surface area contributed by atoms with Crippen molar-refractivity contribution in [1.29, 1.82) is 0 Å². The zero-order valence-corrected chi connectivity index (χ0v) is 11.0. The Hall–Kier alpha value is -0.120. The first kappa shape index (κ1) is 12.3. The van der Waals surface area contributed by atoms with E-state index >= 15 is 0 Å². The summed E-state index contributed by atoms with van der Waals surface area (Å²) in [5.74, 6) is 0.756. The monoisotopic (exact) mass is 226 g/mol. The van der Waals surface area contributed by atoms with Crippen LogP contribution in [0.1, 0.15) is 33.1 Å². The van der Waals surface area contributed by atoms with Crippen LogP contribution in [-0.4, -0.2) is 49.8 Å². The highest BCUT2D eigenvalue weighted by Crippen LogP contribution is 2.35. The molecule has 2 aliphatic rings. The molecule has 2 atom stereocenters. The Bertz CT molecular complexity index is 226. The maximum absolute atomic E-state index is 6.19. The molecule has 0 saturated carbocycles. The molecule has 2 saturated heterocycles. The van der Waals surface area contributed by atoms with E-state index in [4.69, 9.17) is 4.74 Å². The molecule has 1 N–H and O–H groups in total. The van der Waals surface area contributed by atoms with Gasteiger partial charge in [-0.2, -0.15) is 0 Å². The van der Waals surface area contributed by atoms with Gasteiger partial charge in [0.2, 0.25) is 0 Å². The molecule has 0 aromatic rings.